The van der Waals surface area contributed by atoms with Gasteiger partial charge in [0.15, 0.2) is 5.69 Å². The molecule has 0 spiro atoms. The van der Waals surface area contributed by atoms with Crippen LogP contribution >= 0.6 is 15.9 Å². The number of aromatic nitrogens is 2. The van der Waals surface area contributed by atoms with Crippen molar-refractivity contribution >= 4 is 32.7 Å². The van der Waals surface area contributed by atoms with E-state index in [0.29, 0.717) is 5.69 Å². The van der Waals surface area contributed by atoms with Gasteiger partial charge in [0.05, 0.1) is 5.52 Å². The van der Waals surface area contributed by atoms with Crippen molar-refractivity contribution in [2.45, 2.75) is 19.4 Å². The summed E-state index contributed by atoms with van der Waals surface area (Å²) in [6.45, 7) is 2.04. The Kier molecular flexibility index (Phi) is 4.01. The fourth-order valence-electron chi connectivity index (χ4n) is 1.89. The van der Waals surface area contributed by atoms with Crippen molar-refractivity contribution in [3.63, 3.8) is 0 Å². The van der Waals surface area contributed by atoms with Gasteiger partial charge in [0.1, 0.15) is 0 Å². The molecule has 0 aliphatic heterocycles. The number of hydrogen-bond acceptors (Lipinski definition) is 2. The van der Waals surface area contributed by atoms with E-state index in [-0.39, 0.29) is 11.9 Å². The molecule has 1 heterocycles. The minimum atomic E-state index is -0.113. The van der Waals surface area contributed by atoms with Gasteiger partial charge in [0, 0.05) is 23.8 Å². The number of halogens is 1. The van der Waals surface area contributed by atoms with Gasteiger partial charge in [-0.25, -0.2) is 0 Å². The largest absolute Gasteiger partial charge is 0.347 e. The molecular weight excluding hydrogens is 294 g/mol. The molecule has 0 fully saturated rings. The van der Waals surface area contributed by atoms with Gasteiger partial charge < -0.3 is 5.32 Å². The number of nitrogens with zero attached hydrogens (tertiary/aromatic N) is 2. The first-order valence-electron chi connectivity index (χ1n) is 5.96. The molecule has 1 aromatic carbocycles. The maximum absolute atomic E-state index is 12.2. The third kappa shape index (κ3) is 2.41. The van der Waals surface area contributed by atoms with Crippen molar-refractivity contribution in [3.05, 3.63) is 30.0 Å². The SMILES string of the molecule is CCC(CBr)NC(=O)c1nn(C)c2ccccc12. The summed E-state index contributed by atoms with van der Waals surface area (Å²) < 4.78 is 1.74. The summed E-state index contributed by atoms with van der Waals surface area (Å²) in [6.07, 6.45) is 0.891. The highest BCUT2D eigenvalue weighted by Gasteiger charge is 2.17. The molecule has 4 nitrogen and oxygen atoms in total. The number of amides is 1. The molecule has 2 rings (SSSR count). The van der Waals surface area contributed by atoms with Crippen LogP contribution in [0.5, 0.6) is 0 Å². The summed E-state index contributed by atoms with van der Waals surface area (Å²) in [7, 11) is 1.85. The molecule has 1 aromatic heterocycles. The van der Waals surface area contributed by atoms with Crippen LogP contribution in [-0.2, 0) is 7.05 Å². The molecule has 18 heavy (non-hydrogen) atoms. The molecule has 1 atom stereocenters. The van der Waals surface area contributed by atoms with E-state index >= 15 is 0 Å². The fraction of sp³-hybridized carbons (Fsp3) is 0.385. The normalized spacial score (nSPS) is 12.6. The van der Waals surface area contributed by atoms with E-state index in [1.165, 1.54) is 0 Å². The Balaban J connectivity index is 2.33. The number of carbonyl (C=O) groups excluding carboxylic acids is 1. The fourth-order valence-corrected chi connectivity index (χ4v) is 2.50. The average Bonchev–Trinajstić information content (AvgIpc) is 2.74. The molecule has 1 amide bonds. The number of para-hydroxylation sites is 1. The van der Waals surface area contributed by atoms with E-state index < -0.39 is 0 Å². The van der Waals surface area contributed by atoms with Crippen LogP contribution in [-0.4, -0.2) is 27.1 Å². The quantitative estimate of drug-likeness (QED) is 0.882. The lowest BCUT2D eigenvalue weighted by molar-refractivity contribution is 0.0936. The van der Waals surface area contributed by atoms with E-state index in [1.54, 1.807) is 4.68 Å². The molecule has 0 saturated carbocycles. The molecule has 1 unspecified atom stereocenters. The first-order chi connectivity index (χ1) is 8.67. The topological polar surface area (TPSA) is 46.9 Å². The van der Waals surface area contributed by atoms with Crippen molar-refractivity contribution in [3.8, 4) is 0 Å². The number of rotatable bonds is 4. The Hall–Kier alpha value is -1.36. The predicted octanol–water partition coefficient (Wildman–Crippen LogP) is 2.48. The number of nitrogens with one attached hydrogen (secondary N) is 1. The van der Waals surface area contributed by atoms with Crippen LogP contribution in [0, 0.1) is 0 Å². The Bertz CT molecular complexity index is 560. The van der Waals surface area contributed by atoms with Crippen molar-refractivity contribution in [1.29, 1.82) is 0 Å². The average molecular weight is 310 g/mol. The van der Waals surface area contributed by atoms with Gasteiger partial charge in [-0.05, 0) is 12.5 Å². The summed E-state index contributed by atoms with van der Waals surface area (Å²) in [5.41, 5.74) is 1.46. The molecule has 0 radical (unpaired) electrons. The lowest BCUT2D eigenvalue weighted by Gasteiger charge is -2.12. The van der Waals surface area contributed by atoms with Crippen molar-refractivity contribution < 1.29 is 4.79 Å². The smallest absolute Gasteiger partial charge is 0.272 e. The highest BCUT2D eigenvalue weighted by molar-refractivity contribution is 9.09. The number of fused-ring (bicyclic) bond motifs is 1. The third-order valence-electron chi connectivity index (χ3n) is 2.99. The van der Waals surface area contributed by atoms with Gasteiger partial charge >= 0.3 is 0 Å². The van der Waals surface area contributed by atoms with E-state index in [4.69, 9.17) is 0 Å². The Labute approximate surface area is 114 Å². The van der Waals surface area contributed by atoms with Gasteiger partial charge in [0.2, 0.25) is 0 Å². The van der Waals surface area contributed by atoms with E-state index in [0.717, 1.165) is 22.7 Å². The van der Waals surface area contributed by atoms with Gasteiger partial charge in [-0.3, -0.25) is 9.48 Å². The van der Waals surface area contributed by atoms with Crippen molar-refractivity contribution in [2.75, 3.05) is 5.33 Å². The summed E-state index contributed by atoms with van der Waals surface area (Å²) >= 11 is 3.39. The molecule has 96 valence electrons. The van der Waals surface area contributed by atoms with Gasteiger partial charge in [-0.1, -0.05) is 41.1 Å². The van der Waals surface area contributed by atoms with Crippen LogP contribution in [0.2, 0.25) is 0 Å². The molecule has 0 bridgehead atoms. The zero-order valence-electron chi connectivity index (χ0n) is 10.5. The zero-order valence-corrected chi connectivity index (χ0v) is 12.1. The monoisotopic (exact) mass is 309 g/mol. The first kappa shape index (κ1) is 13.1. The van der Waals surface area contributed by atoms with Crippen LogP contribution in [0.3, 0.4) is 0 Å². The van der Waals surface area contributed by atoms with Crippen LogP contribution in [0.1, 0.15) is 23.8 Å². The number of hydrogen-bond donors (Lipinski definition) is 1. The van der Waals surface area contributed by atoms with Crippen molar-refractivity contribution in [2.24, 2.45) is 7.05 Å². The van der Waals surface area contributed by atoms with Gasteiger partial charge in [0.25, 0.3) is 5.91 Å². The standard InChI is InChI=1S/C13H16BrN3O/c1-3-9(8-14)15-13(18)12-10-6-4-5-7-11(10)17(2)16-12/h4-7,9H,3,8H2,1-2H3,(H,15,18). The second kappa shape index (κ2) is 5.52. The Morgan fingerprint density at radius 1 is 1.50 bits per heavy atom. The van der Waals surface area contributed by atoms with Crippen molar-refractivity contribution in [1.82, 2.24) is 15.1 Å². The second-order valence-electron chi connectivity index (χ2n) is 4.22. The highest BCUT2D eigenvalue weighted by Crippen LogP contribution is 2.17. The Morgan fingerprint density at radius 2 is 2.22 bits per heavy atom. The van der Waals surface area contributed by atoms with Gasteiger partial charge in [-0.2, -0.15) is 5.10 Å². The van der Waals surface area contributed by atoms with Crippen LogP contribution in [0.15, 0.2) is 24.3 Å². The lowest BCUT2D eigenvalue weighted by Crippen LogP contribution is -2.35. The van der Waals surface area contributed by atoms with E-state index in [9.17, 15) is 4.79 Å². The first-order valence-corrected chi connectivity index (χ1v) is 7.08. The number of carbonyl (C=O) groups is 1. The van der Waals surface area contributed by atoms with Gasteiger partial charge in [-0.15, -0.1) is 0 Å². The van der Waals surface area contributed by atoms with Crippen LogP contribution < -0.4 is 5.32 Å². The number of alkyl halides is 1. The van der Waals surface area contributed by atoms with E-state index in [1.807, 2.05) is 38.2 Å². The van der Waals surface area contributed by atoms with E-state index in [2.05, 4.69) is 26.3 Å². The lowest BCUT2D eigenvalue weighted by atomic mass is 10.2. The Morgan fingerprint density at radius 3 is 2.89 bits per heavy atom. The predicted molar refractivity (Wildman–Crippen MR) is 76.1 cm³/mol. The zero-order chi connectivity index (χ0) is 13.1. The molecule has 1 N–H and O–H groups in total. The maximum atomic E-state index is 12.2. The summed E-state index contributed by atoms with van der Waals surface area (Å²) in [5, 5.41) is 8.92. The molecule has 2 aromatic rings. The molecule has 0 aliphatic carbocycles. The summed E-state index contributed by atoms with van der Waals surface area (Å²) in [4.78, 5) is 12.2. The summed E-state index contributed by atoms with van der Waals surface area (Å²) in [6, 6.07) is 7.88. The molecule has 0 aliphatic rings. The minimum absolute atomic E-state index is 0.113. The molecule has 0 saturated heterocycles. The second-order valence-corrected chi connectivity index (χ2v) is 4.87. The van der Waals surface area contributed by atoms with Crippen LogP contribution in [0.4, 0.5) is 0 Å². The maximum Gasteiger partial charge on any atom is 0.272 e. The molecule has 5 heteroatoms. The highest BCUT2D eigenvalue weighted by atomic mass is 79.9. The summed E-state index contributed by atoms with van der Waals surface area (Å²) in [5.74, 6) is -0.113. The van der Waals surface area contributed by atoms with Crippen LogP contribution in [0.25, 0.3) is 10.9 Å². The third-order valence-corrected chi connectivity index (χ3v) is 3.77. The molecular formula is C13H16BrN3O. The minimum Gasteiger partial charge on any atom is -0.347 e. The number of aryl methyl sites for hydroxylation is 1. The number of benzene rings is 1.